The molecular formula is C18H21ClN4O2. The van der Waals surface area contributed by atoms with Crippen molar-refractivity contribution in [1.82, 2.24) is 15.3 Å². The molecule has 0 saturated carbocycles. The van der Waals surface area contributed by atoms with Crippen molar-refractivity contribution in [2.24, 2.45) is 0 Å². The Labute approximate surface area is 152 Å². The summed E-state index contributed by atoms with van der Waals surface area (Å²) >= 11 is 5.90. The van der Waals surface area contributed by atoms with Crippen molar-refractivity contribution >= 4 is 23.5 Å². The number of rotatable bonds is 4. The van der Waals surface area contributed by atoms with E-state index in [9.17, 15) is 4.79 Å². The first-order valence-electron chi connectivity index (χ1n) is 8.27. The van der Waals surface area contributed by atoms with E-state index in [1.165, 1.54) is 0 Å². The molecule has 7 heteroatoms. The molecule has 1 atom stereocenters. The van der Waals surface area contributed by atoms with Gasteiger partial charge in [0, 0.05) is 24.3 Å². The number of carbonyl (C=O) groups is 1. The average molecular weight is 361 g/mol. The van der Waals surface area contributed by atoms with Crippen LogP contribution in [0.3, 0.4) is 0 Å². The highest BCUT2D eigenvalue weighted by molar-refractivity contribution is 6.30. The van der Waals surface area contributed by atoms with Gasteiger partial charge in [-0.3, -0.25) is 4.79 Å². The Morgan fingerprint density at radius 3 is 2.60 bits per heavy atom. The molecule has 1 N–H and O–H groups in total. The molecule has 2 heterocycles. The number of hydrogen-bond acceptors (Lipinski definition) is 5. The van der Waals surface area contributed by atoms with Crippen LogP contribution in [0.1, 0.15) is 34.6 Å². The Balaban J connectivity index is 1.70. The molecule has 1 aliphatic rings. The smallest absolute Gasteiger partial charge is 0.255 e. The lowest BCUT2D eigenvalue weighted by atomic mass is 10.1. The lowest BCUT2D eigenvalue weighted by Crippen LogP contribution is -2.37. The summed E-state index contributed by atoms with van der Waals surface area (Å²) < 4.78 is 5.34. The Bertz CT molecular complexity index is 745. The minimum Gasteiger partial charge on any atom is -0.378 e. The fraction of sp³-hybridized carbons (Fsp3) is 0.389. The molecule has 0 radical (unpaired) electrons. The molecule has 6 nitrogen and oxygen atoms in total. The minimum absolute atomic E-state index is 0.136. The third-order valence-corrected chi connectivity index (χ3v) is 4.47. The molecule has 1 fully saturated rings. The topological polar surface area (TPSA) is 67.3 Å². The zero-order chi connectivity index (χ0) is 17.8. The van der Waals surface area contributed by atoms with E-state index < -0.39 is 0 Å². The van der Waals surface area contributed by atoms with Crippen LogP contribution in [-0.4, -0.2) is 42.2 Å². The predicted molar refractivity (Wildman–Crippen MR) is 97.1 cm³/mol. The summed E-state index contributed by atoms with van der Waals surface area (Å²) in [6, 6.07) is 7.29. The maximum absolute atomic E-state index is 12.6. The molecule has 2 aromatic rings. The van der Waals surface area contributed by atoms with Gasteiger partial charge in [0.15, 0.2) is 0 Å². The van der Waals surface area contributed by atoms with Gasteiger partial charge in [0.1, 0.15) is 0 Å². The van der Waals surface area contributed by atoms with Gasteiger partial charge < -0.3 is 15.0 Å². The number of nitrogens with one attached hydrogen (secondary N) is 1. The molecule has 1 aromatic heterocycles. The number of morpholine rings is 1. The maximum Gasteiger partial charge on any atom is 0.255 e. The number of hydrogen-bond donors (Lipinski definition) is 1. The van der Waals surface area contributed by atoms with Gasteiger partial charge in [-0.15, -0.1) is 0 Å². The van der Waals surface area contributed by atoms with Crippen LogP contribution in [0.4, 0.5) is 5.95 Å². The molecule has 1 amide bonds. The molecule has 1 saturated heterocycles. The first-order chi connectivity index (χ1) is 12.0. The van der Waals surface area contributed by atoms with Crippen LogP contribution in [-0.2, 0) is 4.74 Å². The fourth-order valence-corrected chi connectivity index (χ4v) is 2.83. The Morgan fingerprint density at radius 2 is 1.96 bits per heavy atom. The summed E-state index contributed by atoms with van der Waals surface area (Å²) in [5.74, 6) is 0.455. The zero-order valence-corrected chi connectivity index (χ0v) is 15.1. The molecular weight excluding hydrogens is 340 g/mol. The number of amides is 1. The second-order valence-corrected chi connectivity index (χ2v) is 6.45. The predicted octanol–water partition coefficient (Wildman–Crippen LogP) is 2.77. The molecule has 3 rings (SSSR count). The average Bonchev–Trinajstić information content (AvgIpc) is 2.62. The lowest BCUT2D eigenvalue weighted by molar-refractivity contribution is 0.0938. The van der Waals surface area contributed by atoms with E-state index in [0.717, 1.165) is 18.7 Å². The van der Waals surface area contributed by atoms with E-state index in [2.05, 4.69) is 20.2 Å². The Morgan fingerprint density at radius 1 is 1.28 bits per heavy atom. The third kappa shape index (κ3) is 4.27. The van der Waals surface area contributed by atoms with Crippen LogP contribution in [0, 0.1) is 6.92 Å². The van der Waals surface area contributed by atoms with E-state index >= 15 is 0 Å². The van der Waals surface area contributed by atoms with Gasteiger partial charge in [-0.1, -0.05) is 23.7 Å². The summed E-state index contributed by atoms with van der Waals surface area (Å²) in [7, 11) is 0. The van der Waals surface area contributed by atoms with Gasteiger partial charge in [0.2, 0.25) is 5.95 Å². The van der Waals surface area contributed by atoms with Crippen molar-refractivity contribution < 1.29 is 9.53 Å². The summed E-state index contributed by atoms with van der Waals surface area (Å²) in [4.78, 5) is 23.5. The Hall–Kier alpha value is -2.18. The van der Waals surface area contributed by atoms with E-state index in [0.29, 0.717) is 35.4 Å². The second kappa shape index (κ2) is 7.80. The summed E-state index contributed by atoms with van der Waals surface area (Å²) in [6.07, 6.45) is 1.59. The van der Waals surface area contributed by atoms with Gasteiger partial charge in [0.25, 0.3) is 5.91 Å². The van der Waals surface area contributed by atoms with Gasteiger partial charge in [-0.2, -0.15) is 0 Å². The highest BCUT2D eigenvalue weighted by Crippen LogP contribution is 2.18. The third-order valence-electron chi connectivity index (χ3n) is 4.22. The number of aromatic nitrogens is 2. The Kier molecular flexibility index (Phi) is 5.50. The first-order valence-corrected chi connectivity index (χ1v) is 8.65. The SMILES string of the molecule is Cc1nc(N2CCOCC2)ncc1C(=O)NC(C)c1ccc(Cl)cc1. The monoisotopic (exact) mass is 360 g/mol. The highest BCUT2D eigenvalue weighted by atomic mass is 35.5. The van der Waals surface area contributed by atoms with E-state index in [1.807, 2.05) is 38.1 Å². The highest BCUT2D eigenvalue weighted by Gasteiger charge is 2.18. The van der Waals surface area contributed by atoms with Crippen molar-refractivity contribution in [3.05, 3.63) is 52.3 Å². The molecule has 1 aromatic carbocycles. The minimum atomic E-state index is -0.187. The maximum atomic E-state index is 12.6. The standard InChI is InChI=1S/C18H21ClN4O2/c1-12(14-3-5-15(19)6-4-14)21-17(24)16-11-20-18(22-13(16)2)23-7-9-25-10-8-23/h3-6,11-12H,7-10H2,1-2H3,(H,21,24). The number of anilines is 1. The van der Waals surface area contributed by atoms with Crippen molar-refractivity contribution in [3.8, 4) is 0 Å². The van der Waals surface area contributed by atoms with E-state index in [4.69, 9.17) is 16.3 Å². The van der Waals surface area contributed by atoms with Gasteiger partial charge in [-0.05, 0) is 31.5 Å². The molecule has 0 aliphatic carbocycles. The summed E-state index contributed by atoms with van der Waals surface area (Å²) in [6.45, 7) is 6.62. The number of halogens is 1. The summed E-state index contributed by atoms with van der Waals surface area (Å²) in [5, 5.41) is 3.65. The number of ether oxygens (including phenoxy) is 1. The normalized spacial score (nSPS) is 15.7. The molecule has 1 aliphatic heterocycles. The largest absolute Gasteiger partial charge is 0.378 e. The fourth-order valence-electron chi connectivity index (χ4n) is 2.70. The van der Waals surface area contributed by atoms with Crippen LogP contribution in [0.15, 0.2) is 30.5 Å². The van der Waals surface area contributed by atoms with E-state index in [1.54, 1.807) is 6.20 Å². The van der Waals surface area contributed by atoms with Crippen LogP contribution < -0.4 is 10.2 Å². The van der Waals surface area contributed by atoms with Gasteiger partial charge in [0.05, 0.1) is 30.5 Å². The van der Waals surface area contributed by atoms with Gasteiger partial charge >= 0.3 is 0 Å². The second-order valence-electron chi connectivity index (χ2n) is 6.02. The quantitative estimate of drug-likeness (QED) is 0.908. The molecule has 0 bridgehead atoms. The first kappa shape index (κ1) is 17.6. The van der Waals surface area contributed by atoms with Crippen molar-refractivity contribution in [2.45, 2.75) is 19.9 Å². The molecule has 0 spiro atoms. The lowest BCUT2D eigenvalue weighted by Gasteiger charge is -2.27. The number of aryl methyl sites for hydroxylation is 1. The number of carbonyl (C=O) groups excluding carboxylic acids is 1. The van der Waals surface area contributed by atoms with Crippen LogP contribution in [0.2, 0.25) is 5.02 Å². The van der Waals surface area contributed by atoms with Crippen molar-refractivity contribution in [3.63, 3.8) is 0 Å². The van der Waals surface area contributed by atoms with Crippen LogP contribution >= 0.6 is 11.6 Å². The van der Waals surface area contributed by atoms with Crippen molar-refractivity contribution in [1.29, 1.82) is 0 Å². The van der Waals surface area contributed by atoms with Crippen LogP contribution in [0.25, 0.3) is 0 Å². The van der Waals surface area contributed by atoms with Crippen molar-refractivity contribution in [2.75, 3.05) is 31.2 Å². The van der Waals surface area contributed by atoms with E-state index in [-0.39, 0.29) is 11.9 Å². The molecule has 132 valence electrons. The number of nitrogens with zero attached hydrogens (tertiary/aromatic N) is 3. The molecule has 1 unspecified atom stereocenters. The zero-order valence-electron chi connectivity index (χ0n) is 14.3. The van der Waals surface area contributed by atoms with Crippen LogP contribution in [0.5, 0.6) is 0 Å². The molecule has 25 heavy (non-hydrogen) atoms. The van der Waals surface area contributed by atoms with Gasteiger partial charge in [-0.25, -0.2) is 9.97 Å². The summed E-state index contributed by atoms with van der Waals surface area (Å²) in [5.41, 5.74) is 2.14. The number of benzene rings is 1.